The lowest BCUT2D eigenvalue weighted by molar-refractivity contribution is 0.0846. The number of hydrazine groups is 1. The van der Waals surface area contributed by atoms with Gasteiger partial charge in [-0.2, -0.15) is 0 Å². The maximum Gasteiger partial charge on any atom is 0.271 e. The van der Waals surface area contributed by atoms with E-state index in [-0.39, 0.29) is 5.56 Å². The van der Waals surface area contributed by atoms with Crippen LogP contribution in [0.1, 0.15) is 20.7 Å². The number of hydrogen-bond donors (Lipinski definition) is 2. The summed E-state index contributed by atoms with van der Waals surface area (Å²) in [4.78, 5) is 24.3. The number of ether oxygens (including phenoxy) is 1. The summed E-state index contributed by atoms with van der Waals surface area (Å²) in [5.41, 5.74) is 5.33. The first kappa shape index (κ1) is 17.5. The Labute approximate surface area is 155 Å². The fourth-order valence-corrected chi connectivity index (χ4v) is 2.45. The van der Waals surface area contributed by atoms with E-state index in [4.69, 9.17) is 16.3 Å². The monoisotopic (exact) mass is 366 g/mol. The number of halogens is 1. The number of amides is 2. The van der Waals surface area contributed by atoms with Crippen LogP contribution in [0.15, 0.2) is 78.9 Å². The molecule has 0 saturated heterocycles. The smallest absolute Gasteiger partial charge is 0.271 e. The van der Waals surface area contributed by atoms with E-state index in [1.165, 1.54) is 0 Å². The van der Waals surface area contributed by atoms with E-state index in [1.54, 1.807) is 48.5 Å². The lowest BCUT2D eigenvalue weighted by Gasteiger charge is -2.10. The average Bonchev–Trinajstić information content (AvgIpc) is 2.67. The zero-order chi connectivity index (χ0) is 18.4. The van der Waals surface area contributed by atoms with Crippen molar-refractivity contribution in [2.45, 2.75) is 0 Å². The van der Waals surface area contributed by atoms with E-state index >= 15 is 0 Å². The average molecular weight is 367 g/mol. The summed E-state index contributed by atoms with van der Waals surface area (Å²) in [6, 6.07) is 22.5. The highest BCUT2D eigenvalue weighted by Crippen LogP contribution is 2.21. The molecule has 0 aliphatic heterocycles. The number of para-hydroxylation sites is 1. The number of hydrogen-bond acceptors (Lipinski definition) is 3. The van der Waals surface area contributed by atoms with Gasteiger partial charge in [0.1, 0.15) is 11.5 Å². The molecule has 0 aliphatic carbocycles. The van der Waals surface area contributed by atoms with Crippen LogP contribution in [0.2, 0.25) is 5.02 Å². The second-order valence-corrected chi connectivity index (χ2v) is 5.74. The molecule has 2 N–H and O–H groups in total. The number of benzene rings is 3. The maximum absolute atomic E-state index is 12.3. The molecule has 0 aromatic heterocycles. The van der Waals surface area contributed by atoms with Gasteiger partial charge in [-0.1, -0.05) is 48.0 Å². The second-order valence-electron chi connectivity index (χ2n) is 5.33. The molecular formula is C20H15ClN2O3. The molecule has 0 aliphatic rings. The Bertz CT molecular complexity index is 929. The van der Waals surface area contributed by atoms with Gasteiger partial charge in [0.2, 0.25) is 0 Å². The van der Waals surface area contributed by atoms with Crippen LogP contribution in [-0.4, -0.2) is 11.8 Å². The van der Waals surface area contributed by atoms with Crippen LogP contribution < -0.4 is 15.6 Å². The Morgan fingerprint density at radius 1 is 0.731 bits per heavy atom. The third-order valence-corrected chi connectivity index (χ3v) is 3.81. The Hall–Kier alpha value is -3.31. The van der Waals surface area contributed by atoms with E-state index in [1.807, 2.05) is 30.3 Å². The Morgan fingerprint density at radius 3 is 2.15 bits per heavy atom. The van der Waals surface area contributed by atoms with Gasteiger partial charge in [-0.05, 0) is 42.5 Å². The van der Waals surface area contributed by atoms with Gasteiger partial charge < -0.3 is 4.74 Å². The van der Waals surface area contributed by atoms with Crippen LogP contribution in [0, 0.1) is 0 Å². The molecule has 0 saturated carbocycles. The molecule has 0 unspecified atom stereocenters. The van der Waals surface area contributed by atoms with Gasteiger partial charge in [0.15, 0.2) is 0 Å². The van der Waals surface area contributed by atoms with Crippen molar-refractivity contribution in [3.63, 3.8) is 0 Å². The van der Waals surface area contributed by atoms with Gasteiger partial charge >= 0.3 is 0 Å². The van der Waals surface area contributed by atoms with E-state index in [2.05, 4.69) is 10.9 Å². The van der Waals surface area contributed by atoms with Crippen LogP contribution in [-0.2, 0) is 0 Å². The van der Waals surface area contributed by atoms with Crippen LogP contribution in [0.4, 0.5) is 0 Å². The van der Waals surface area contributed by atoms with Crippen molar-refractivity contribution >= 4 is 23.4 Å². The number of carbonyl (C=O) groups excluding carboxylic acids is 2. The van der Waals surface area contributed by atoms with Gasteiger partial charge in [-0.25, -0.2) is 0 Å². The van der Waals surface area contributed by atoms with Crippen molar-refractivity contribution in [1.82, 2.24) is 10.9 Å². The fraction of sp³-hybridized carbons (Fsp3) is 0. The third kappa shape index (κ3) is 4.40. The summed E-state index contributed by atoms with van der Waals surface area (Å²) in [5.74, 6) is 0.211. The van der Waals surface area contributed by atoms with Gasteiger partial charge in [0, 0.05) is 5.56 Å². The van der Waals surface area contributed by atoms with Crippen LogP contribution in [0.5, 0.6) is 11.5 Å². The Morgan fingerprint density at radius 2 is 1.38 bits per heavy atom. The fourth-order valence-electron chi connectivity index (χ4n) is 2.22. The molecule has 3 rings (SSSR count). The molecule has 0 radical (unpaired) electrons. The van der Waals surface area contributed by atoms with Crippen molar-refractivity contribution in [3.8, 4) is 11.5 Å². The van der Waals surface area contributed by atoms with Crippen molar-refractivity contribution in [2.24, 2.45) is 0 Å². The van der Waals surface area contributed by atoms with Gasteiger partial charge in [-0.15, -0.1) is 0 Å². The van der Waals surface area contributed by atoms with Gasteiger partial charge in [0.05, 0.1) is 10.6 Å². The summed E-state index contributed by atoms with van der Waals surface area (Å²) < 4.78 is 5.70. The molecule has 26 heavy (non-hydrogen) atoms. The third-order valence-electron chi connectivity index (χ3n) is 3.48. The van der Waals surface area contributed by atoms with Crippen molar-refractivity contribution in [1.29, 1.82) is 0 Å². The van der Waals surface area contributed by atoms with E-state index in [9.17, 15) is 9.59 Å². The summed E-state index contributed by atoms with van der Waals surface area (Å²) in [7, 11) is 0. The first-order chi connectivity index (χ1) is 12.6. The molecule has 0 atom stereocenters. The summed E-state index contributed by atoms with van der Waals surface area (Å²) >= 11 is 5.96. The molecule has 0 heterocycles. The predicted molar refractivity (Wildman–Crippen MR) is 99.3 cm³/mol. The molecule has 130 valence electrons. The van der Waals surface area contributed by atoms with Crippen LogP contribution in [0.3, 0.4) is 0 Å². The number of carbonyl (C=O) groups is 2. The quantitative estimate of drug-likeness (QED) is 0.680. The molecule has 6 heteroatoms. The van der Waals surface area contributed by atoms with E-state index < -0.39 is 11.8 Å². The largest absolute Gasteiger partial charge is 0.457 e. The van der Waals surface area contributed by atoms with Crippen molar-refractivity contribution < 1.29 is 14.3 Å². The number of rotatable bonds is 4. The first-order valence-electron chi connectivity index (χ1n) is 7.81. The number of nitrogens with one attached hydrogen (secondary N) is 2. The maximum atomic E-state index is 12.3. The normalized spacial score (nSPS) is 10.0. The summed E-state index contributed by atoms with van der Waals surface area (Å²) in [6.07, 6.45) is 0. The lowest BCUT2D eigenvalue weighted by atomic mass is 10.2. The highest BCUT2D eigenvalue weighted by atomic mass is 35.5. The molecule has 0 bridgehead atoms. The molecule has 3 aromatic rings. The standard InChI is InChI=1S/C20H15ClN2O3/c21-18-12-5-4-11-17(18)20(25)23-22-19(24)14-7-6-10-16(13-14)26-15-8-2-1-3-9-15/h1-13H,(H,22,24)(H,23,25). The molecule has 2 amide bonds. The summed E-state index contributed by atoms with van der Waals surface area (Å²) in [6.45, 7) is 0. The van der Waals surface area contributed by atoms with Gasteiger partial charge in [0.25, 0.3) is 11.8 Å². The van der Waals surface area contributed by atoms with E-state index in [0.29, 0.717) is 22.1 Å². The molecule has 0 fully saturated rings. The lowest BCUT2D eigenvalue weighted by Crippen LogP contribution is -2.41. The highest BCUT2D eigenvalue weighted by Gasteiger charge is 2.12. The molecular weight excluding hydrogens is 352 g/mol. The first-order valence-corrected chi connectivity index (χ1v) is 8.19. The highest BCUT2D eigenvalue weighted by molar-refractivity contribution is 6.33. The minimum atomic E-state index is -0.499. The van der Waals surface area contributed by atoms with Crippen molar-refractivity contribution in [3.05, 3.63) is 95.0 Å². The topological polar surface area (TPSA) is 67.4 Å². The molecule has 5 nitrogen and oxygen atoms in total. The predicted octanol–water partition coefficient (Wildman–Crippen LogP) is 4.21. The SMILES string of the molecule is O=C(NNC(=O)c1ccccc1Cl)c1cccc(Oc2ccccc2)c1. The van der Waals surface area contributed by atoms with Gasteiger partial charge in [-0.3, -0.25) is 20.4 Å². The molecule has 0 spiro atoms. The Kier molecular flexibility index (Phi) is 5.51. The second kappa shape index (κ2) is 8.18. The minimum Gasteiger partial charge on any atom is -0.457 e. The Balaban J connectivity index is 1.64. The summed E-state index contributed by atoms with van der Waals surface area (Å²) in [5, 5.41) is 0.303. The van der Waals surface area contributed by atoms with Crippen LogP contribution >= 0.6 is 11.6 Å². The zero-order valence-corrected chi connectivity index (χ0v) is 14.4. The minimum absolute atomic E-state index is 0.274. The van der Waals surface area contributed by atoms with Crippen molar-refractivity contribution in [2.75, 3.05) is 0 Å². The van der Waals surface area contributed by atoms with Crippen LogP contribution in [0.25, 0.3) is 0 Å². The van der Waals surface area contributed by atoms with E-state index in [0.717, 1.165) is 0 Å². The zero-order valence-electron chi connectivity index (χ0n) is 13.6. The molecule has 3 aromatic carbocycles.